The lowest BCUT2D eigenvalue weighted by Gasteiger charge is -2.11. The SMILES string of the molecule is Cc1nn(-c2ccccc2)c(C)c1C(=O)NC1CCS(=O)(=O)C1. The van der Waals surface area contributed by atoms with Gasteiger partial charge in [-0.25, -0.2) is 13.1 Å². The number of nitrogens with one attached hydrogen (secondary N) is 1. The van der Waals surface area contributed by atoms with Crippen molar-refractivity contribution < 1.29 is 13.2 Å². The fraction of sp³-hybridized carbons (Fsp3) is 0.375. The third kappa shape index (κ3) is 3.14. The molecule has 1 aromatic heterocycles. The van der Waals surface area contributed by atoms with Crippen LogP contribution in [0.25, 0.3) is 5.69 Å². The highest BCUT2D eigenvalue weighted by Gasteiger charge is 2.30. The summed E-state index contributed by atoms with van der Waals surface area (Å²) in [5, 5.41) is 7.27. The highest BCUT2D eigenvalue weighted by atomic mass is 32.2. The monoisotopic (exact) mass is 333 g/mol. The minimum Gasteiger partial charge on any atom is -0.348 e. The van der Waals surface area contributed by atoms with E-state index >= 15 is 0 Å². The van der Waals surface area contributed by atoms with Crippen LogP contribution >= 0.6 is 0 Å². The van der Waals surface area contributed by atoms with Gasteiger partial charge >= 0.3 is 0 Å². The standard InChI is InChI=1S/C16H19N3O3S/c1-11-15(16(20)17-13-8-9-23(21,22)10-13)12(2)19(18-11)14-6-4-3-5-7-14/h3-7,13H,8-10H2,1-2H3,(H,17,20). The molecule has 23 heavy (non-hydrogen) atoms. The summed E-state index contributed by atoms with van der Waals surface area (Å²) in [5.74, 6) is -0.104. The predicted molar refractivity (Wildman–Crippen MR) is 87.6 cm³/mol. The molecule has 1 aromatic carbocycles. The van der Waals surface area contributed by atoms with Crippen molar-refractivity contribution in [2.75, 3.05) is 11.5 Å². The van der Waals surface area contributed by atoms with Crippen LogP contribution in [0.1, 0.15) is 28.2 Å². The molecule has 1 N–H and O–H groups in total. The van der Waals surface area contributed by atoms with Crippen LogP contribution < -0.4 is 5.32 Å². The largest absolute Gasteiger partial charge is 0.348 e. The molecule has 1 atom stereocenters. The molecular weight excluding hydrogens is 314 g/mol. The Kier molecular flexibility index (Phi) is 3.97. The number of hydrogen-bond acceptors (Lipinski definition) is 4. The molecule has 0 aliphatic carbocycles. The molecule has 1 fully saturated rings. The third-order valence-electron chi connectivity index (χ3n) is 4.09. The van der Waals surface area contributed by atoms with E-state index in [1.165, 1.54) is 0 Å². The Morgan fingerprint density at radius 2 is 1.96 bits per heavy atom. The Labute approximate surface area is 135 Å². The quantitative estimate of drug-likeness (QED) is 0.921. The van der Waals surface area contributed by atoms with Crippen molar-refractivity contribution in [3.05, 3.63) is 47.3 Å². The predicted octanol–water partition coefficient (Wildman–Crippen LogP) is 1.41. The Morgan fingerprint density at radius 1 is 1.26 bits per heavy atom. The lowest BCUT2D eigenvalue weighted by atomic mass is 10.1. The number of para-hydroxylation sites is 1. The van der Waals surface area contributed by atoms with Crippen molar-refractivity contribution in [1.82, 2.24) is 15.1 Å². The molecule has 3 rings (SSSR count). The van der Waals surface area contributed by atoms with Crippen molar-refractivity contribution in [1.29, 1.82) is 0 Å². The molecule has 0 spiro atoms. The Balaban J connectivity index is 1.86. The zero-order valence-electron chi connectivity index (χ0n) is 13.1. The maximum Gasteiger partial charge on any atom is 0.255 e. The molecular formula is C16H19N3O3S. The van der Waals surface area contributed by atoms with Crippen LogP contribution in [0.15, 0.2) is 30.3 Å². The number of sulfone groups is 1. The van der Waals surface area contributed by atoms with Gasteiger partial charge in [-0.2, -0.15) is 5.10 Å². The highest BCUT2D eigenvalue weighted by Crippen LogP contribution is 2.19. The molecule has 1 saturated heterocycles. The van der Waals surface area contributed by atoms with Gasteiger partial charge in [0.2, 0.25) is 0 Å². The maximum atomic E-state index is 12.5. The van der Waals surface area contributed by atoms with Crippen LogP contribution in [0.4, 0.5) is 0 Å². The van der Waals surface area contributed by atoms with Gasteiger partial charge in [0.15, 0.2) is 9.84 Å². The average Bonchev–Trinajstić information content (AvgIpc) is 2.99. The van der Waals surface area contributed by atoms with Gasteiger partial charge in [0.25, 0.3) is 5.91 Å². The number of amides is 1. The summed E-state index contributed by atoms with van der Waals surface area (Å²) in [7, 11) is -3.02. The van der Waals surface area contributed by atoms with E-state index in [4.69, 9.17) is 0 Å². The van der Waals surface area contributed by atoms with E-state index in [2.05, 4.69) is 10.4 Å². The molecule has 6 nitrogen and oxygen atoms in total. The van der Waals surface area contributed by atoms with Gasteiger partial charge in [0.1, 0.15) is 0 Å². The first-order valence-electron chi connectivity index (χ1n) is 7.50. The van der Waals surface area contributed by atoms with Gasteiger partial charge in [-0.1, -0.05) is 18.2 Å². The summed E-state index contributed by atoms with van der Waals surface area (Å²) in [4.78, 5) is 12.5. The summed E-state index contributed by atoms with van der Waals surface area (Å²) in [6.45, 7) is 3.63. The van der Waals surface area contributed by atoms with Gasteiger partial charge < -0.3 is 5.32 Å². The Bertz CT molecular complexity index is 841. The molecule has 122 valence electrons. The van der Waals surface area contributed by atoms with Crippen LogP contribution in [0.2, 0.25) is 0 Å². The molecule has 2 aromatic rings. The minimum absolute atomic E-state index is 0.0175. The summed E-state index contributed by atoms with van der Waals surface area (Å²) in [6.07, 6.45) is 0.471. The number of carbonyl (C=O) groups excluding carboxylic acids is 1. The lowest BCUT2D eigenvalue weighted by Crippen LogP contribution is -2.36. The maximum absolute atomic E-state index is 12.5. The summed E-state index contributed by atoms with van der Waals surface area (Å²) < 4.78 is 24.8. The number of benzene rings is 1. The molecule has 1 aliphatic heterocycles. The smallest absolute Gasteiger partial charge is 0.255 e. The first kappa shape index (κ1) is 15.7. The van der Waals surface area contributed by atoms with E-state index in [9.17, 15) is 13.2 Å². The van der Waals surface area contributed by atoms with E-state index in [-0.39, 0.29) is 23.5 Å². The molecule has 1 amide bonds. The van der Waals surface area contributed by atoms with Crippen LogP contribution in [0.5, 0.6) is 0 Å². The average molecular weight is 333 g/mol. The van der Waals surface area contributed by atoms with Crippen molar-refractivity contribution in [2.45, 2.75) is 26.3 Å². The Hall–Kier alpha value is -2.15. The van der Waals surface area contributed by atoms with Gasteiger partial charge in [0.05, 0.1) is 34.1 Å². The van der Waals surface area contributed by atoms with Crippen molar-refractivity contribution in [2.24, 2.45) is 0 Å². The van der Waals surface area contributed by atoms with E-state index in [0.717, 1.165) is 11.4 Å². The Morgan fingerprint density at radius 3 is 2.57 bits per heavy atom. The zero-order valence-corrected chi connectivity index (χ0v) is 13.9. The summed E-state index contributed by atoms with van der Waals surface area (Å²) >= 11 is 0. The normalized spacial score (nSPS) is 19.7. The van der Waals surface area contributed by atoms with Gasteiger partial charge in [-0.3, -0.25) is 4.79 Å². The van der Waals surface area contributed by atoms with Gasteiger partial charge in [0, 0.05) is 6.04 Å². The molecule has 0 saturated carbocycles. The highest BCUT2D eigenvalue weighted by molar-refractivity contribution is 7.91. The van der Waals surface area contributed by atoms with Crippen LogP contribution in [0, 0.1) is 13.8 Å². The zero-order chi connectivity index (χ0) is 16.6. The van der Waals surface area contributed by atoms with Crippen LogP contribution in [-0.4, -0.2) is 41.7 Å². The van der Waals surface area contributed by atoms with Crippen LogP contribution in [-0.2, 0) is 9.84 Å². The van der Waals surface area contributed by atoms with Crippen molar-refractivity contribution in [3.8, 4) is 5.69 Å². The van der Waals surface area contributed by atoms with E-state index in [1.807, 2.05) is 37.3 Å². The summed E-state index contributed by atoms with van der Waals surface area (Å²) in [6, 6.07) is 9.27. The molecule has 0 bridgehead atoms. The number of aromatic nitrogens is 2. The number of nitrogens with zero attached hydrogens (tertiary/aromatic N) is 2. The van der Waals surface area contributed by atoms with Gasteiger partial charge in [-0.05, 0) is 32.4 Å². The van der Waals surface area contributed by atoms with Crippen LogP contribution in [0.3, 0.4) is 0 Å². The number of aryl methyl sites for hydroxylation is 1. The van der Waals surface area contributed by atoms with Crippen molar-refractivity contribution in [3.63, 3.8) is 0 Å². The fourth-order valence-corrected chi connectivity index (χ4v) is 4.63. The molecule has 2 heterocycles. The van der Waals surface area contributed by atoms with Crippen molar-refractivity contribution >= 4 is 15.7 Å². The molecule has 1 aliphatic rings. The van der Waals surface area contributed by atoms with E-state index in [0.29, 0.717) is 17.7 Å². The topological polar surface area (TPSA) is 81.1 Å². The van der Waals surface area contributed by atoms with E-state index < -0.39 is 9.84 Å². The second-order valence-corrected chi connectivity index (χ2v) is 8.10. The number of hydrogen-bond donors (Lipinski definition) is 1. The lowest BCUT2D eigenvalue weighted by molar-refractivity contribution is 0.0940. The second kappa shape index (κ2) is 5.81. The summed E-state index contributed by atoms with van der Waals surface area (Å²) in [5.41, 5.74) is 2.77. The second-order valence-electron chi connectivity index (χ2n) is 5.87. The van der Waals surface area contributed by atoms with Gasteiger partial charge in [-0.15, -0.1) is 0 Å². The fourth-order valence-electron chi connectivity index (χ4n) is 2.96. The van der Waals surface area contributed by atoms with E-state index in [1.54, 1.807) is 11.6 Å². The number of carbonyl (C=O) groups is 1. The third-order valence-corrected chi connectivity index (χ3v) is 5.85. The molecule has 1 unspecified atom stereocenters. The first-order chi connectivity index (χ1) is 10.9. The number of rotatable bonds is 3. The molecule has 0 radical (unpaired) electrons. The minimum atomic E-state index is -3.02. The first-order valence-corrected chi connectivity index (χ1v) is 9.32. The molecule has 7 heteroatoms.